The normalized spacial score (nSPS) is 13.5. The van der Waals surface area contributed by atoms with Crippen molar-refractivity contribution < 1.29 is 18.3 Å². The summed E-state index contributed by atoms with van der Waals surface area (Å²) in [6.07, 6.45) is 2.02. The van der Waals surface area contributed by atoms with Gasteiger partial charge in [-0.2, -0.15) is 0 Å². The average Bonchev–Trinajstić information content (AvgIpc) is 3.40. The van der Waals surface area contributed by atoms with Gasteiger partial charge in [-0.15, -0.1) is 0 Å². The van der Waals surface area contributed by atoms with Gasteiger partial charge in [0.15, 0.2) is 0 Å². The van der Waals surface area contributed by atoms with Crippen LogP contribution in [0.3, 0.4) is 0 Å². The van der Waals surface area contributed by atoms with E-state index < -0.39 is 11.6 Å². The Morgan fingerprint density at radius 3 is 2.32 bits per heavy atom. The van der Waals surface area contributed by atoms with Crippen LogP contribution in [0.25, 0.3) is 0 Å². The number of hydrogen-bond donors (Lipinski definition) is 2. The van der Waals surface area contributed by atoms with Gasteiger partial charge in [-0.3, -0.25) is 4.79 Å². The molecule has 0 saturated heterocycles. The van der Waals surface area contributed by atoms with E-state index in [0.29, 0.717) is 25.4 Å². The first-order valence-corrected chi connectivity index (χ1v) is 8.31. The highest BCUT2D eigenvalue weighted by atomic mass is 19.1. The van der Waals surface area contributed by atoms with Crippen LogP contribution in [0.15, 0.2) is 42.5 Å². The summed E-state index contributed by atoms with van der Waals surface area (Å²) in [5.41, 5.74) is 1.05. The maximum absolute atomic E-state index is 13.1. The number of nitrogens with one attached hydrogen (secondary N) is 2. The Bertz CT molecular complexity index is 710. The third-order valence-corrected chi connectivity index (χ3v) is 3.87. The van der Waals surface area contributed by atoms with Crippen LogP contribution in [0.2, 0.25) is 0 Å². The Morgan fingerprint density at radius 2 is 1.68 bits per heavy atom. The maximum Gasteiger partial charge on any atom is 0.223 e. The van der Waals surface area contributed by atoms with Crippen LogP contribution in [0.5, 0.6) is 11.5 Å². The predicted octanol–water partition coefficient (Wildman–Crippen LogP) is 3.37. The molecule has 132 valence electrons. The van der Waals surface area contributed by atoms with Crippen molar-refractivity contribution in [3.05, 3.63) is 59.7 Å². The number of rotatable bonds is 8. The predicted molar refractivity (Wildman–Crippen MR) is 90.3 cm³/mol. The van der Waals surface area contributed by atoms with Gasteiger partial charge in [0.2, 0.25) is 5.91 Å². The molecule has 1 fully saturated rings. The minimum absolute atomic E-state index is 0.120. The van der Waals surface area contributed by atoms with E-state index in [4.69, 9.17) is 4.74 Å². The fourth-order valence-electron chi connectivity index (χ4n) is 2.40. The van der Waals surface area contributed by atoms with Crippen LogP contribution in [0.1, 0.15) is 18.4 Å². The number of carbonyl (C=O) groups excluding carboxylic acids is 1. The molecule has 1 amide bonds. The lowest BCUT2D eigenvalue weighted by Gasteiger charge is -2.09. The van der Waals surface area contributed by atoms with Crippen molar-refractivity contribution >= 4 is 5.91 Å². The van der Waals surface area contributed by atoms with E-state index in [1.54, 1.807) is 12.1 Å². The molecule has 2 aromatic rings. The van der Waals surface area contributed by atoms with E-state index in [9.17, 15) is 13.6 Å². The zero-order valence-electron chi connectivity index (χ0n) is 13.7. The second-order valence-electron chi connectivity index (χ2n) is 6.09. The van der Waals surface area contributed by atoms with Crippen LogP contribution in [-0.4, -0.2) is 19.0 Å². The molecule has 2 N–H and O–H groups in total. The fraction of sp³-hybridized carbons (Fsp3) is 0.316. The summed E-state index contributed by atoms with van der Waals surface area (Å²) in [6.45, 7) is 1.97. The average molecular weight is 346 g/mol. The SMILES string of the molecule is O=C(NCCNCc1ccc(Oc2cc(F)cc(F)c2)cc1)C1CC1. The first-order chi connectivity index (χ1) is 12.1. The third-order valence-electron chi connectivity index (χ3n) is 3.87. The Balaban J connectivity index is 1.41. The number of benzene rings is 2. The van der Waals surface area contributed by atoms with Crippen molar-refractivity contribution in [2.24, 2.45) is 5.92 Å². The molecule has 4 nitrogen and oxygen atoms in total. The molecule has 0 bridgehead atoms. The molecular formula is C19H20F2N2O2. The standard InChI is InChI=1S/C19H20F2N2O2/c20-15-9-16(21)11-18(10-15)25-17-5-1-13(2-6-17)12-22-7-8-23-19(24)14-3-4-14/h1-2,5-6,9-11,14,22H,3-4,7-8,12H2,(H,23,24). The first kappa shape index (κ1) is 17.4. The van der Waals surface area contributed by atoms with E-state index in [1.165, 1.54) is 0 Å². The number of amides is 1. The Morgan fingerprint density at radius 1 is 1.00 bits per heavy atom. The summed E-state index contributed by atoms with van der Waals surface area (Å²) < 4.78 is 31.7. The Labute approximate surface area is 145 Å². The molecule has 1 aliphatic carbocycles. The van der Waals surface area contributed by atoms with Gasteiger partial charge >= 0.3 is 0 Å². The highest BCUT2D eigenvalue weighted by Gasteiger charge is 2.28. The Hall–Kier alpha value is -2.47. The van der Waals surface area contributed by atoms with Gasteiger partial charge in [0.1, 0.15) is 23.1 Å². The lowest BCUT2D eigenvalue weighted by molar-refractivity contribution is -0.122. The number of carbonyl (C=O) groups is 1. The number of ether oxygens (including phenoxy) is 1. The van der Waals surface area contributed by atoms with Crippen LogP contribution in [0, 0.1) is 17.6 Å². The smallest absolute Gasteiger partial charge is 0.223 e. The molecule has 6 heteroatoms. The molecule has 0 atom stereocenters. The molecule has 2 aromatic carbocycles. The quantitative estimate of drug-likeness (QED) is 0.721. The van der Waals surface area contributed by atoms with Gasteiger partial charge in [-0.1, -0.05) is 12.1 Å². The first-order valence-electron chi connectivity index (χ1n) is 8.31. The monoisotopic (exact) mass is 346 g/mol. The van der Waals surface area contributed by atoms with Crippen molar-refractivity contribution in [1.29, 1.82) is 0 Å². The van der Waals surface area contributed by atoms with Crippen LogP contribution < -0.4 is 15.4 Å². The molecule has 25 heavy (non-hydrogen) atoms. The van der Waals surface area contributed by atoms with Gasteiger partial charge in [0, 0.05) is 43.8 Å². The van der Waals surface area contributed by atoms with Crippen molar-refractivity contribution in [3.8, 4) is 11.5 Å². The van der Waals surface area contributed by atoms with Gasteiger partial charge in [-0.25, -0.2) is 8.78 Å². The van der Waals surface area contributed by atoms with Crippen molar-refractivity contribution in [3.63, 3.8) is 0 Å². The summed E-state index contributed by atoms with van der Waals surface area (Å²) >= 11 is 0. The maximum atomic E-state index is 13.1. The van der Waals surface area contributed by atoms with E-state index in [1.807, 2.05) is 12.1 Å². The van der Waals surface area contributed by atoms with Gasteiger partial charge < -0.3 is 15.4 Å². The van der Waals surface area contributed by atoms with Crippen LogP contribution in [0.4, 0.5) is 8.78 Å². The zero-order valence-corrected chi connectivity index (χ0v) is 13.7. The minimum Gasteiger partial charge on any atom is -0.457 e. The zero-order chi connectivity index (χ0) is 17.6. The Kier molecular flexibility index (Phi) is 5.60. The van der Waals surface area contributed by atoms with E-state index in [-0.39, 0.29) is 17.6 Å². The fourth-order valence-corrected chi connectivity index (χ4v) is 2.40. The van der Waals surface area contributed by atoms with Gasteiger partial charge in [0.25, 0.3) is 0 Å². The molecule has 1 saturated carbocycles. The van der Waals surface area contributed by atoms with E-state index in [0.717, 1.165) is 36.6 Å². The van der Waals surface area contributed by atoms with E-state index in [2.05, 4.69) is 10.6 Å². The molecule has 0 heterocycles. The number of halogens is 2. The lowest BCUT2D eigenvalue weighted by atomic mass is 10.2. The summed E-state index contributed by atoms with van der Waals surface area (Å²) in [6, 6.07) is 10.3. The molecule has 0 spiro atoms. The molecule has 0 aromatic heterocycles. The summed E-state index contributed by atoms with van der Waals surface area (Å²) in [7, 11) is 0. The highest BCUT2D eigenvalue weighted by Crippen LogP contribution is 2.28. The second kappa shape index (κ2) is 8.07. The van der Waals surface area contributed by atoms with Crippen molar-refractivity contribution in [2.75, 3.05) is 13.1 Å². The molecule has 1 aliphatic rings. The third kappa shape index (κ3) is 5.53. The molecular weight excluding hydrogens is 326 g/mol. The summed E-state index contributed by atoms with van der Waals surface area (Å²) in [4.78, 5) is 11.5. The summed E-state index contributed by atoms with van der Waals surface area (Å²) in [5.74, 6) is -0.342. The van der Waals surface area contributed by atoms with Crippen LogP contribution in [-0.2, 0) is 11.3 Å². The second-order valence-corrected chi connectivity index (χ2v) is 6.09. The van der Waals surface area contributed by atoms with Crippen LogP contribution >= 0.6 is 0 Å². The van der Waals surface area contributed by atoms with Gasteiger partial charge in [0.05, 0.1) is 0 Å². The molecule has 0 unspecified atom stereocenters. The summed E-state index contributed by atoms with van der Waals surface area (Å²) in [5, 5.41) is 6.14. The van der Waals surface area contributed by atoms with E-state index >= 15 is 0 Å². The molecule has 0 aliphatic heterocycles. The van der Waals surface area contributed by atoms with Gasteiger partial charge in [-0.05, 0) is 30.5 Å². The topological polar surface area (TPSA) is 50.4 Å². The van der Waals surface area contributed by atoms with Crippen molar-refractivity contribution in [2.45, 2.75) is 19.4 Å². The number of hydrogen-bond acceptors (Lipinski definition) is 3. The molecule has 0 radical (unpaired) electrons. The highest BCUT2D eigenvalue weighted by molar-refractivity contribution is 5.80. The largest absolute Gasteiger partial charge is 0.457 e. The lowest BCUT2D eigenvalue weighted by Crippen LogP contribution is -2.32. The van der Waals surface area contributed by atoms with Crippen molar-refractivity contribution in [1.82, 2.24) is 10.6 Å². The molecule has 3 rings (SSSR count). The minimum atomic E-state index is -0.676.